The van der Waals surface area contributed by atoms with Crippen molar-refractivity contribution in [1.82, 2.24) is 19.9 Å². The topological polar surface area (TPSA) is 71.8 Å². The maximum atomic E-state index is 12.5. The van der Waals surface area contributed by atoms with Gasteiger partial charge in [-0.05, 0) is 29.8 Å². The number of nitrogens with one attached hydrogen (secondary N) is 2. The van der Waals surface area contributed by atoms with Gasteiger partial charge in [0.05, 0.1) is 12.0 Å². The standard InChI is InChI=1S/C19H18F3N5O/c20-19(21,22)15-5-3-14(4-6-15)11-18(28)24-8-7-23-16-12-17(26-13-25-16)27-9-1-2-10-27/h1-6,9-10,12-13H,7-8,11H2,(H,24,28)(H,23,25,26). The van der Waals surface area contributed by atoms with Gasteiger partial charge >= 0.3 is 6.18 Å². The number of benzene rings is 1. The van der Waals surface area contributed by atoms with Gasteiger partial charge in [-0.2, -0.15) is 13.2 Å². The lowest BCUT2D eigenvalue weighted by atomic mass is 10.1. The molecule has 0 unspecified atom stereocenters. The molecule has 2 N–H and O–H groups in total. The Labute approximate surface area is 159 Å². The summed E-state index contributed by atoms with van der Waals surface area (Å²) in [5.74, 6) is 1.07. The SMILES string of the molecule is O=C(Cc1ccc(C(F)(F)F)cc1)NCCNc1cc(-n2cccc2)ncn1. The minimum absolute atomic E-state index is 0.0173. The van der Waals surface area contributed by atoms with Crippen molar-refractivity contribution < 1.29 is 18.0 Å². The second kappa shape index (κ2) is 8.55. The van der Waals surface area contributed by atoms with Crippen molar-refractivity contribution in [3.05, 3.63) is 72.3 Å². The van der Waals surface area contributed by atoms with Crippen LogP contribution in [0.1, 0.15) is 11.1 Å². The Bertz CT molecular complexity index is 908. The van der Waals surface area contributed by atoms with Gasteiger partial charge in [0.2, 0.25) is 5.91 Å². The van der Waals surface area contributed by atoms with Crippen molar-refractivity contribution in [3.63, 3.8) is 0 Å². The minimum Gasteiger partial charge on any atom is -0.368 e. The fourth-order valence-corrected chi connectivity index (χ4v) is 2.52. The Kier molecular flexibility index (Phi) is 5.93. The summed E-state index contributed by atoms with van der Waals surface area (Å²) in [6.45, 7) is 0.795. The molecule has 0 aliphatic heterocycles. The van der Waals surface area contributed by atoms with E-state index in [1.807, 2.05) is 29.1 Å². The van der Waals surface area contributed by atoms with Crippen molar-refractivity contribution in [2.45, 2.75) is 12.6 Å². The summed E-state index contributed by atoms with van der Waals surface area (Å²) in [5, 5.41) is 5.80. The Morgan fingerprint density at radius 1 is 1.04 bits per heavy atom. The number of nitrogens with zero attached hydrogens (tertiary/aromatic N) is 3. The average molecular weight is 389 g/mol. The Morgan fingerprint density at radius 3 is 2.43 bits per heavy atom. The van der Waals surface area contributed by atoms with Gasteiger partial charge in [-0.3, -0.25) is 4.79 Å². The molecule has 0 radical (unpaired) electrons. The fraction of sp³-hybridized carbons (Fsp3) is 0.211. The van der Waals surface area contributed by atoms with Crippen LogP contribution in [0, 0.1) is 0 Å². The monoisotopic (exact) mass is 389 g/mol. The van der Waals surface area contributed by atoms with E-state index in [2.05, 4.69) is 20.6 Å². The number of rotatable bonds is 7. The summed E-state index contributed by atoms with van der Waals surface area (Å²) in [6.07, 6.45) is 0.820. The number of halogens is 3. The van der Waals surface area contributed by atoms with Crippen LogP contribution in [0.25, 0.3) is 5.82 Å². The maximum Gasteiger partial charge on any atom is 0.416 e. The molecule has 1 aromatic carbocycles. The van der Waals surface area contributed by atoms with E-state index >= 15 is 0 Å². The molecule has 0 atom stereocenters. The molecule has 0 bridgehead atoms. The molecule has 2 aromatic heterocycles. The highest BCUT2D eigenvalue weighted by atomic mass is 19.4. The first kappa shape index (κ1) is 19.4. The quantitative estimate of drug-likeness (QED) is 0.610. The number of anilines is 1. The van der Waals surface area contributed by atoms with Gasteiger partial charge in [0.25, 0.3) is 0 Å². The molecule has 0 fully saturated rings. The van der Waals surface area contributed by atoms with Crippen molar-refractivity contribution >= 4 is 11.7 Å². The largest absolute Gasteiger partial charge is 0.416 e. The molecule has 0 saturated carbocycles. The van der Waals surface area contributed by atoms with Gasteiger partial charge in [0, 0.05) is 31.5 Å². The molecule has 3 aromatic rings. The van der Waals surface area contributed by atoms with Crippen LogP contribution >= 0.6 is 0 Å². The Balaban J connectivity index is 1.43. The number of hydrogen-bond donors (Lipinski definition) is 2. The molecule has 146 valence electrons. The van der Waals surface area contributed by atoms with E-state index in [0.29, 0.717) is 30.3 Å². The molecule has 0 aliphatic carbocycles. The molecule has 1 amide bonds. The highest BCUT2D eigenvalue weighted by molar-refractivity contribution is 5.78. The van der Waals surface area contributed by atoms with Crippen LogP contribution in [-0.4, -0.2) is 33.5 Å². The van der Waals surface area contributed by atoms with Gasteiger partial charge in [-0.1, -0.05) is 12.1 Å². The smallest absolute Gasteiger partial charge is 0.368 e. The van der Waals surface area contributed by atoms with Gasteiger partial charge in [-0.15, -0.1) is 0 Å². The average Bonchev–Trinajstić information content (AvgIpc) is 3.20. The molecule has 0 aliphatic rings. The number of carbonyl (C=O) groups is 1. The third-order valence-corrected chi connectivity index (χ3v) is 3.92. The molecule has 6 nitrogen and oxygen atoms in total. The number of alkyl halides is 3. The summed E-state index contributed by atoms with van der Waals surface area (Å²) in [4.78, 5) is 20.2. The van der Waals surface area contributed by atoms with E-state index in [1.54, 1.807) is 6.07 Å². The van der Waals surface area contributed by atoms with Crippen molar-refractivity contribution in [2.75, 3.05) is 18.4 Å². The predicted octanol–water partition coefficient (Wildman–Crippen LogP) is 3.06. The molecule has 9 heteroatoms. The first-order chi connectivity index (χ1) is 13.4. The normalized spacial score (nSPS) is 11.2. The van der Waals surface area contributed by atoms with Gasteiger partial charge < -0.3 is 15.2 Å². The number of amides is 1. The fourth-order valence-electron chi connectivity index (χ4n) is 2.52. The van der Waals surface area contributed by atoms with Gasteiger partial charge in [-0.25, -0.2) is 9.97 Å². The summed E-state index contributed by atoms with van der Waals surface area (Å²) >= 11 is 0. The second-order valence-corrected chi connectivity index (χ2v) is 6.00. The van der Waals surface area contributed by atoms with Crippen LogP contribution in [0.4, 0.5) is 19.0 Å². The molecular weight excluding hydrogens is 371 g/mol. The van der Waals surface area contributed by atoms with E-state index in [4.69, 9.17) is 0 Å². The Hall–Kier alpha value is -3.36. The van der Waals surface area contributed by atoms with E-state index < -0.39 is 11.7 Å². The van der Waals surface area contributed by atoms with Crippen molar-refractivity contribution in [3.8, 4) is 5.82 Å². The number of aromatic nitrogens is 3. The zero-order valence-electron chi connectivity index (χ0n) is 14.8. The predicted molar refractivity (Wildman–Crippen MR) is 98.0 cm³/mol. The minimum atomic E-state index is -4.38. The molecule has 2 heterocycles. The lowest BCUT2D eigenvalue weighted by molar-refractivity contribution is -0.137. The van der Waals surface area contributed by atoms with Crippen LogP contribution in [-0.2, 0) is 17.4 Å². The molecule has 3 rings (SSSR count). The first-order valence-electron chi connectivity index (χ1n) is 8.54. The van der Waals surface area contributed by atoms with E-state index in [0.717, 1.165) is 12.1 Å². The number of carbonyl (C=O) groups excluding carboxylic acids is 1. The van der Waals surface area contributed by atoms with Crippen LogP contribution in [0.2, 0.25) is 0 Å². The highest BCUT2D eigenvalue weighted by Crippen LogP contribution is 2.29. The van der Waals surface area contributed by atoms with Crippen molar-refractivity contribution in [1.29, 1.82) is 0 Å². The summed E-state index contributed by atoms with van der Waals surface area (Å²) in [5.41, 5.74) is -0.212. The van der Waals surface area contributed by atoms with Crippen LogP contribution in [0.3, 0.4) is 0 Å². The summed E-state index contributed by atoms with van der Waals surface area (Å²) in [7, 11) is 0. The zero-order valence-corrected chi connectivity index (χ0v) is 14.8. The second-order valence-electron chi connectivity index (χ2n) is 6.00. The lowest BCUT2D eigenvalue weighted by Gasteiger charge is -2.09. The summed E-state index contributed by atoms with van der Waals surface area (Å²) < 4.78 is 39.5. The van der Waals surface area contributed by atoms with E-state index in [9.17, 15) is 18.0 Å². The molecule has 0 saturated heterocycles. The highest BCUT2D eigenvalue weighted by Gasteiger charge is 2.29. The lowest BCUT2D eigenvalue weighted by Crippen LogP contribution is -2.30. The van der Waals surface area contributed by atoms with Crippen LogP contribution < -0.4 is 10.6 Å². The third-order valence-electron chi connectivity index (χ3n) is 3.92. The zero-order chi connectivity index (χ0) is 20.0. The molecule has 0 spiro atoms. The first-order valence-corrected chi connectivity index (χ1v) is 8.54. The van der Waals surface area contributed by atoms with E-state index in [-0.39, 0.29) is 12.3 Å². The molecular formula is C19H18F3N5O. The van der Waals surface area contributed by atoms with E-state index in [1.165, 1.54) is 18.5 Å². The maximum absolute atomic E-state index is 12.5. The van der Waals surface area contributed by atoms with Gasteiger partial charge in [0.15, 0.2) is 0 Å². The van der Waals surface area contributed by atoms with Crippen molar-refractivity contribution in [2.24, 2.45) is 0 Å². The molecule has 28 heavy (non-hydrogen) atoms. The number of hydrogen-bond acceptors (Lipinski definition) is 4. The van der Waals surface area contributed by atoms with Gasteiger partial charge in [0.1, 0.15) is 18.0 Å². The Morgan fingerprint density at radius 2 is 1.75 bits per heavy atom. The van der Waals surface area contributed by atoms with Crippen LogP contribution in [0.5, 0.6) is 0 Å². The summed E-state index contributed by atoms with van der Waals surface area (Å²) in [6, 6.07) is 10.1. The van der Waals surface area contributed by atoms with Crippen LogP contribution in [0.15, 0.2) is 61.2 Å². The third kappa shape index (κ3) is 5.32.